The predicted molar refractivity (Wildman–Crippen MR) is 82.5 cm³/mol. The maximum Gasteiger partial charge on any atom is 0.222 e. The standard InChI is InChI=1S/C16H21N3O3/c1-13-10-18-19(12-13)7-6-16(21)17-11-14-4-2-3-5-15(14)22-9-8-20/h2-5,10,12,20H,6-9,11H2,1H3,(H,17,21). The summed E-state index contributed by atoms with van der Waals surface area (Å²) in [6.07, 6.45) is 4.05. The lowest BCUT2D eigenvalue weighted by Gasteiger charge is -2.11. The molecule has 2 rings (SSSR count). The van der Waals surface area contributed by atoms with Gasteiger partial charge in [0.2, 0.25) is 5.91 Å². The van der Waals surface area contributed by atoms with E-state index >= 15 is 0 Å². The fourth-order valence-electron chi connectivity index (χ4n) is 2.03. The van der Waals surface area contributed by atoms with Crippen LogP contribution in [0, 0.1) is 6.92 Å². The van der Waals surface area contributed by atoms with Crippen LogP contribution in [0.1, 0.15) is 17.5 Å². The van der Waals surface area contributed by atoms with Gasteiger partial charge in [-0.3, -0.25) is 9.48 Å². The van der Waals surface area contributed by atoms with E-state index in [1.54, 1.807) is 10.9 Å². The third kappa shape index (κ3) is 4.89. The van der Waals surface area contributed by atoms with Gasteiger partial charge in [-0.05, 0) is 18.6 Å². The van der Waals surface area contributed by atoms with Gasteiger partial charge in [-0.25, -0.2) is 0 Å². The van der Waals surface area contributed by atoms with Crippen molar-refractivity contribution in [1.29, 1.82) is 0 Å². The second-order valence-electron chi connectivity index (χ2n) is 4.99. The summed E-state index contributed by atoms with van der Waals surface area (Å²) in [5, 5.41) is 15.8. The van der Waals surface area contributed by atoms with Crippen molar-refractivity contribution in [2.75, 3.05) is 13.2 Å². The Morgan fingerprint density at radius 1 is 1.41 bits per heavy atom. The third-order valence-electron chi connectivity index (χ3n) is 3.13. The summed E-state index contributed by atoms with van der Waals surface area (Å²) in [5.41, 5.74) is 1.97. The minimum atomic E-state index is -0.0377. The van der Waals surface area contributed by atoms with Crippen LogP contribution in [0.25, 0.3) is 0 Å². The van der Waals surface area contributed by atoms with Crippen molar-refractivity contribution in [2.45, 2.75) is 26.4 Å². The second kappa shape index (κ2) is 8.19. The highest BCUT2D eigenvalue weighted by atomic mass is 16.5. The first-order valence-electron chi connectivity index (χ1n) is 7.26. The number of rotatable bonds is 8. The molecular weight excluding hydrogens is 282 g/mol. The maximum atomic E-state index is 11.9. The molecule has 0 unspecified atom stereocenters. The van der Waals surface area contributed by atoms with Crippen molar-refractivity contribution in [3.63, 3.8) is 0 Å². The molecule has 1 aromatic carbocycles. The number of aliphatic hydroxyl groups is 1. The van der Waals surface area contributed by atoms with E-state index in [4.69, 9.17) is 9.84 Å². The highest BCUT2D eigenvalue weighted by Crippen LogP contribution is 2.17. The number of nitrogens with one attached hydrogen (secondary N) is 1. The summed E-state index contributed by atoms with van der Waals surface area (Å²) in [4.78, 5) is 11.9. The van der Waals surface area contributed by atoms with E-state index in [1.165, 1.54) is 0 Å². The fourth-order valence-corrected chi connectivity index (χ4v) is 2.03. The van der Waals surface area contributed by atoms with E-state index in [1.807, 2.05) is 37.4 Å². The van der Waals surface area contributed by atoms with Crippen LogP contribution in [0.3, 0.4) is 0 Å². The van der Waals surface area contributed by atoms with Crippen LogP contribution in [0.2, 0.25) is 0 Å². The summed E-state index contributed by atoms with van der Waals surface area (Å²) >= 11 is 0. The molecule has 0 saturated carbocycles. The Hall–Kier alpha value is -2.34. The van der Waals surface area contributed by atoms with Crippen molar-refractivity contribution >= 4 is 5.91 Å². The summed E-state index contributed by atoms with van der Waals surface area (Å²) in [7, 11) is 0. The Kier molecular flexibility index (Phi) is 5.97. The lowest BCUT2D eigenvalue weighted by Crippen LogP contribution is -2.24. The average molecular weight is 303 g/mol. The van der Waals surface area contributed by atoms with Gasteiger partial charge in [0, 0.05) is 31.3 Å². The van der Waals surface area contributed by atoms with Gasteiger partial charge in [0.1, 0.15) is 12.4 Å². The van der Waals surface area contributed by atoms with Crippen molar-refractivity contribution in [2.24, 2.45) is 0 Å². The summed E-state index contributed by atoms with van der Waals surface area (Å²) in [6.45, 7) is 3.13. The number of benzene rings is 1. The average Bonchev–Trinajstić information content (AvgIpc) is 2.95. The van der Waals surface area contributed by atoms with Crippen LogP contribution in [0.4, 0.5) is 0 Å². The molecule has 0 aliphatic heterocycles. The second-order valence-corrected chi connectivity index (χ2v) is 4.99. The van der Waals surface area contributed by atoms with E-state index < -0.39 is 0 Å². The lowest BCUT2D eigenvalue weighted by atomic mass is 10.2. The van der Waals surface area contributed by atoms with E-state index in [9.17, 15) is 4.79 Å². The maximum absolute atomic E-state index is 11.9. The minimum absolute atomic E-state index is 0.0369. The highest BCUT2D eigenvalue weighted by molar-refractivity contribution is 5.75. The number of hydrogen-bond donors (Lipinski definition) is 2. The summed E-state index contributed by atoms with van der Waals surface area (Å²) in [6, 6.07) is 7.46. The number of aryl methyl sites for hydroxylation is 2. The van der Waals surface area contributed by atoms with Gasteiger partial charge in [0.15, 0.2) is 0 Å². The lowest BCUT2D eigenvalue weighted by molar-refractivity contribution is -0.121. The SMILES string of the molecule is Cc1cnn(CCC(=O)NCc2ccccc2OCCO)c1. The first-order valence-corrected chi connectivity index (χ1v) is 7.26. The minimum Gasteiger partial charge on any atom is -0.491 e. The van der Waals surface area contributed by atoms with Gasteiger partial charge >= 0.3 is 0 Å². The third-order valence-corrected chi connectivity index (χ3v) is 3.13. The summed E-state index contributed by atoms with van der Waals surface area (Å²) < 4.78 is 7.19. The van der Waals surface area contributed by atoms with Gasteiger partial charge < -0.3 is 15.2 Å². The van der Waals surface area contributed by atoms with Crippen molar-refractivity contribution < 1.29 is 14.6 Å². The zero-order chi connectivity index (χ0) is 15.8. The predicted octanol–water partition coefficient (Wildman–Crippen LogP) is 1.27. The molecule has 0 atom stereocenters. The number of aliphatic hydroxyl groups excluding tert-OH is 1. The molecule has 0 fully saturated rings. The first-order chi connectivity index (χ1) is 10.7. The molecule has 0 aliphatic carbocycles. The number of carbonyl (C=O) groups excluding carboxylic acids is 1. The topological polar surface area (TPSA) is 76.4 Å². The largest absolute Gasteiger partial charge is 0.491 e. The molecule has 2 aromatic rings. The van der Waals surface area contributed by atoms with E-state index in [2.05, 4.69) is 10.4 Å². The number of carbonyl (C=O) groups is 1. The zero-order valence-electron chi connectivity index (χ0n) is 12.7. The summed E-state index contributed by atoms with van der Waals surface area (Å²) in [5.74, 6) is 0.643. The molecule has 0 radical (unpaired) electrons. The quantitative estimate of drug-likeness (QED) is 0.770. The van der Waals surface area contributed by atoms with Gasteiger partial charge in [-0.15, -0.1) is 0 Å². The van der Waals surface area contributed by atoms with Gasteiger partial charge in [0.25, 0.3) is 0 Å². The smallest absolute Gasteiger partial charge is 0.222 e. The Labute approximate surface area is 129 Å². The Morgan fingerprint density at radius 3 is 2.95 bits per heavy atom. The molecule has 6 heteroatoms. The number of amides is 1. The molecule has 0 aliphatic rings. The van der Waals surface area contributed by atoms with Crippen molar-refractivity contribution in [1.82, 2.24) is 15.1 Å². The highest BCUT2D eigenvalue weighted by Gasteiger charge is 2.06. The number of nitrogens with zero attached hydrogens (tertiary/aromatic N) is 2. The Balaban J connectivity index is 1.80. The van der Waals surface area contributed by atoms with Crippen LogP contribution in [-0.2, 0) is 17.9 Å². The number of aromatic nitrogens is 2. The zero-order valence-corrected chi connectivity index (χ0v) is 12.7. The molecule has 0 bridgehead atoms. The molecule has 1 aromatic heterocycles. The van der Waals surface area contributed by atoms with Crippen molar-refractivity contribution in [3.05, 3.63) is 47.8 Å². The number of hydrogen-bond acceptors (Lipinski definition) is 4. The first kappa shape index (κ1) is 16.0. The monoisotopic (exact) mass is 303 g/mol. The van der Waals surface area contributed by atoms with Crippen molar-refractivity contribution in [3.8, 4) is 5.75 Å². The van der Waals surface area contributed by atoms with E-state index in [0.29, 0.717) is 25.3 Å². The van der Waals surface area contributed by atoms with Crippen LogP contribution >= 0.6 is 0 Å². The normalized spacial score (nSPS) is 10.5. The van der Waals surface area contributed by atoms with E-state index in [-0.39, 0.29) is 19.1 Å². The van der Waals surface area contributed by atoms with Gasteiger partial charge in [-0.2, -0.15) is 5.10 Å². The van der Waals surface area contributed by atoms with E-state index in [0.717, 1.165) is 11.1 Å². The van der Waals surface area contributed by atoms with Crippen LogP contribution in [0.15, 0.2) is 36.7 Å². The molecule has 2 N–H and O–H groups in total. The van der Waals surface area contributed by atoms with Gasteiger partial charge in [0.05, 0.1) is 12.8 Å². The molecular formula is C16H21N3O3. The molecule has 0 saturated heterocycles. The number of para-hydroxylation sites is 1. The van der Waals surface area contributed by atoms with Crippen LogP contribution in [-0.4, -0.2) is 34.0 Å². The molecule has 22 heavy (non-hydrogen) atoms. The molecule has 1 heterocycles. The molecule has 6 nitrogen and oxygen atoms in total. The van der Waals surface area contributed by atoms with Crippen LogP contribution < -0.4 is 10.1 Å². The molecule has 118 valence electrons. The molecule has 0 spiro atoms. The Morgan fingerprint density at radius 2 is 2.23 bits per heavy atom. The number of ether oxygens (including phenoxy) is 1. The molecule has 1 amide bonds. The van der Waals surface area contributed by atoms with Crippen LogP contribution in [0.5, 0.6) is 5.75 Å². The Bertz CT molecular complexity index is 610. The fraction of sp³-hybridized carbons (Fsp3) is 0.375. The van der Waals surface area contributed by atoms with Gasteiger partial charge in [-0.1, -0.05) is 18.2 Å².